The van der Waals surface area contributed by atoms with Gasteiger partial charge < -0.3 is 14.8 Å². The van der Waals surface area contributed by atoms with Gasteiger partial charge in [0.15, 0.2) is 0 Å². The van der Waals surface area contributed by atoms with Gasteiger partial charge in [-0.05, 0) is 49.1 Å². The number of rotatable bonds is 6. The Bertz CT molecular complexity index is 658. The second-order valence-corrected chi connectivity index (χ2v) is 6.25. The second-order valence-electron chi connectivity index (χ2n) is 6.25. The summed E-state index contributed by atoms with van der Waals surface area (Å²) in [5.41, 5.74) is 2.27. The molecule has 2 aromatic carbocycles. The molecule has 1 heterocycles. The summed E-state index contributed by atoms with van der Waals surface area (Å²) < 4.78 is 24.4. The van der Waals surface area contributed by atoms with Crippen LogP contribution in [0.15, 0.2) is 42.5 Å². The van der Waals surface area contributed by atoms with E-state index in [1.807, 2.05) is 30.3 Å². The summed E-state index contributed by atoms with van der Waals surface area (Å²) in [5, 5.41) is 3.69. The fourth-order valence-corrected chi connectivity index (χ4v) is 3.24. The van der Waals surface area contributed by atoms with Crippen molar-refractivity contribution in [3.63, 3.8) is 0 Å². The van der Waals surface area contributed by atoms with Crippen molar-refractivity contribution in [3.05, 3.63) is 59.4 Å². The van der Waals surface area contributed by atoms with E-state index >= 15 is 0 Å². The third kappa shape index (κ3) is 3.88. The molecule has 2 unspecified atom stereocenters. The fraction of sp³-hybridized carbons (Fsp3) is 0.400. The molecule has 2 aromatic rings. The van der Waals surface area contributed by atoms with Crippen LogP contribution in [0.25, 0.3) is 0 Å². The third-order valence-corrected chi connectivity index (χ3v) is 4.56. The second kappa shape index (κ2) is 7.67. The molecule has 0 radical (unpaired) electrons. The van der Waals surface area contributed by atoms with Crippen LogP contribution in [0.2, 0.25) is 0 Å². The number of halogens is 1. The van der Waals surface area contributed by atoms with Crippen LogP contribution in [0.3, 0.4) is 0 Å². The van der Waals surface area contributed by atoms with E-state index in [4.69, 9.17) is 9.47 Å². The molecule has 128 valence electrons. The molecule has 0 aliphatic carbocycles. The van der Waals surface area contributed by atoms with E-state index in [9.17, 15) is 4.39 Å². The van der Waals surface area contributed by atoms with Gasteiger partial charge in [-0.25, -0.2) is 4.39 Å². The van der Waals surface area contributed by atoms with Crippen molar-refractivity contribution in [2.45, 2.75) is 38.3 Å². The summed E-state index contributed by atoms with van der Waals surface area (Å²) in [6.45, 7) is 2.82. The molecule has 0 saturated carbocycles. The Morgan fingerprint density at radius 2 is 2.04 bits per heavy atom. The monoisotopic (exact) mass is 329 g/mol. The van der Waals surface area contributed by atoms with E-state index in [1.165, 1.54) is 12.1 Å². The Labute approximate surface area is 142 Å². The molecule has 0 saturated heterocycles. The van der Waals surface area contributed by atoms with Gasteiger partial charge in [-0.2, -0.15) is 0 Å². The number of nitrogens with one attached hydrogen (secondary N) is 1. The van der Waals surface area contributed by atoms with Crippen LogP contribution in [0.5, 0.6) is 11.5 Å². The molecular formula is C20H24FNO2. The first-order valence-corrected chi connectivity index (χ1v) is 8.48. The van der Waals surface area contributed by atoms with Gasteiger partial charge in [-0.3, -0.25) is 0 Å². The first kappa shape index (κ1) is 16.8. The van der Waals surface area contributed by atoms with Crippen molar-refractivity contribution < 1.29 is 13.9 Å². The highest BCUT2D eigenvalue weighted by molar-refractivity contribution is 5.46. The molecule has 4 heteroatoms. The first-order valence-electron chi connectivity index (χ1n) is 8.48. The van der Waals surface area contributed by atoms with Gasteiger partial charge in [-0.15, -0.1) is 0 Å². The Balaban J connectivity index is 1.65. The van der Waals surface area contributed by atoms with Crippen LogP contribution in [0.1, 0.15) is 24.5 Å². The minimum absolute atomic E-state index is 0.191. The van der Waals surface area contributed by atoms with E-state index in [0.717, 1.165) is 41.9 Å². The van der Waals surface area contributed by atoms with E-state index in [1.54, 1.807) is 7.11 Å². The van der Waals surface area contributed by atoms with Crippen LogP contribution >= 0.6 is 0 Å². The molecule has 1 aliphatic heterocycles. The predicted molar refractivity (Wildman–Crippen MR) is 93.3 cm³/mol. The minimum atomic E-state index is -0.191. The minimum Gasteiger partial charge on any atom is -0.496 e. The Kier molecular flexibility index (Phi) is 5.36. The van der Waals surface area contributed by atoms with Crippen LogP contribution in [0.4, 0.5) is 4.39 Å². The maximum Gasteiger partial charge on any atom is 0.126 e. The standard InChI is InChI=1S/C20H24FNO2/c1-3-16(11-14-7-9-15(21)10-8-14)22-17-12-18-19(23-2)5-4-6-20(18)24-13-17/h4-10,16-17,22H,3,11-13H2,1-2H3. The number of hydrogen-bond donors (Lipinski definition) is 1. The molecule has 1 N–H and O–H groups in total. The molecule has 0 bridgehead atoms. The molecule has 0 amide bonds. The first-order chi connectivity index (χ1) is 11.7. The maximum atomic E-state index is 13.0. The molecule has 3 rings (SSSR count). The number of methoxy groups -OCH3 is 1. The Morgan fingerprint density at radius 1 is 1.25 bits per heavy atom. The van der Waals surface area contributed by atoms with E-state index in [2.05, 4.69) is 12.2 Å². The van der Waals surface area contributed by atoms with Gasteiger partial charge in [0.05, 0.1) is 7.11 Å². The van der Waals surface area contributed by atoms with Crippen molar-refractivity contribution in [2.75, 3.05) is 13.7 Å². The Morgan fingerprint density at radius 3 is 2.75 bits per heavy atom. The average molecular weight is 329 g/mol. The van der Waals surface area contributed by atoms with Gasteiger partial charge in [0.1, 0.15) is 23.9 Å². The summed E-state index contributed by atoms with van der Waals surface area (Å²) in [5.74, 6) is 1.61. The van der Waals surface area contributed by atoms with Crippen molar-refractivity contribution in [2.24, 2.45) is 0 Å². The Hall–Kier alpha value is -2.07. The highest BCUT2D eigenvalue weighted by Gasteiger charge is 2.24. The predicted octanol–water partition coefficient (Wildman–Crippen LogP) is 3.75. The molecule has 0 spiro atoms. The maximum absolute atomic E-state index is 13.0. The van der Waals surface area contributed by atoms with Crippen LogP contribution in [-0.4, -0.2) is 25.8 Å². The summed E-state index contributed by atoms with van der Waals surface area (Å²) in [6, 6.07) is 13.3. The van der Waals surface area contributed by atoms with E-state index in [-0.39, 0.29) is 11.9 Å². The van der Waals surface area contributed by atoms with E-state index in [0.29, 0.717) is 12.6 Å². The number of hydrogen-bond acceptors (Lipinski definition) is 3. The summed E-state index contributed by atoms with van der Waals surface area (Å²) in [6.07, 6.45) is 2.78. The van der Waals surface area contributed by atoms with Gasteiger partial charge in [0.2, 0.25) is 0 Å². The van der Waals surface area contributed by atoms with Gasteiger partial charge >= 0.3 is 0 Å². The molecule has 1 aliphatic rings. The number of benzene rings is 2. The molecular weight excluding hydrogens is 305 g/mol. The van der Waals surface area contributed by atoms with E-state index < -0.39 is 0 Å². The van der Waals surface area contributed by atoms with Gasteiger partial charge in [0, 0.05) is 17.6 Å². The molecule has 0 fully saturated rings. The van der Waals surface area contributed by atoms with Crippen molar-refractivity contribution >= 4 is 0 Å². The number of ether oxygens (including phenoxy) is 2. The van der Waals surface area contributed by atoms with Crippen LogP contribution in [-0.2, 0) is 12.8 Å². The van der Waals surface area contributed by atoms with Gasteiger partial charge in [0.25, 0.3) is 0 Å². The van der Waals surface area contributed by atoms with Crippen molar-refractivity contribution in [3.8, 4) is 11.5 Å². The topological polar surface area (TPSA) is 30.5 Å². The smallest absolute Gasteiger partial charge is 0.126 e. The summed E-state index contributed by atoms with van der Waals surface area (Å²) >= 11 is 0. The lowest BCUT2D eigenvalue weighted by Gasteiger charge is -2.30. The lowest BCUT2D eigenvalue weighted by molar-refractivity contribution is 0.221. The van der Waals surface area contributed by atoms with Crippen LogP contribution < -0.4 is 14.8 Å². The van der Waals surface area contributed by atoms with Crippen molar-refractivity contribution in [1.82, 2.24) is 5.32 Å². The zero-order valence-corrected chi connectivity index (χ0v) is 14.2. The fourth-order valence-electron chi connectivity index (χ4n) is 3.24. The van der Waals surface area contributed by atoms with Crippen LogP contribution in [0, 0.1) is 5.82 Å². The highest BCUT2D eigenvalue weighted by atomic mass is 19.1. The summed E-state index contributed by atoms with van der Waals surface area (Å²) in [4.78, 5) is 0. The third-order valence-electron chi connectivity index (χ3n) is 4.56. The molecule has 0 aromatic heterocycles. The average Bonchev–Trinajstić information content (AvgIpc) is 2.62. The molecule has 3 nitrogen and oxygen atoms in total. The SMILES string of the molecule is CCC(Cc1ccc(F)cc1)NC1COc2cccc(OC)c2C1. The zero-order valence-electron chi connectivity index (χ0n) is 14.2. The van der Waals surface area contributed by atoms with Gasteiger partial charge in [-0.1, -0.05) is 25.1 Å². The lowest BCUT2D eigenvalue weighted by Crippen LogP contribution is -2.45. The lowest BCUT2D eigenvalue weighted by atomic mass is 9.98. The normalized spacial score (nSPS) is 17.7. The quantitative estimate of drug-likeness (QED) is 0.875. The highest BCUT2D eigenvalue weighted by Crippen LogP contribution is 2.32. The number of fused-ring (bicyclic) bond motifs is 1. The zero-order chi connectivity index (χ0) is 16.9. The molecule has 2 atom stereocenters. The molecule has 24 heavy (non-hydrogen) atoms. The van der Waals surface area contributed by atoms with Crippen molar-refractivity contribution in [1.29, 1.82) is 0 Å². The summed E-state index contributed by atoms with van der Waals surface area (Å²) in [7, 11) is 1.69. The largest absolute Gasteiger partial charge is 0.496 e.